The molecule has 2 unspecified atom stereocenters. The Labute approximate surface area is 111 Å². The molecule has 0 aliphatic carbocycles. The molecule has 0 spiro atoms. The van der Waals surface area contributed by atoms with Crippen molar-refractivity contribution in [1.29, 1.82) is 0 Å². The summed E-state index contributed by atoms with van der Waals surface area (Å²) in [5, 5.41) is 22.1. The fourth-order valence-corrected chi connectivity index (χ4v) is 4.01. The molecule has 0 amide bonds. The van der Waals surface area contributed by atoms with Crippen LogP contribution >= 0.6 is 0 Å². The molecule has 0 radical (unpaired) electrons. The highest BCUT2D eigenvalue weighted by Gasteiger charge is 2.37. The highest BCUT2D eigenvalue weighted by Crippen LogP contribution is 2.28. The van der Waals surface area contributed by atoms with E-state index in [1.807, 2.05) is 6.07 Å². The van der Waals surface area contributed by atoms with E-state index in [2.05, 4.69) is 5.32 Å². The van der Waals surface area contributed by atoms with Gasteiger partial charge in [-0.15, -0.1) is 0 Å². The van der Waals surface area contributed by atoms with Crippen LogP contribution < -0.4 is 5.32 Å². The lowest BCUT2D eigenvalue weighted by molar-refractivity contribution is 0.0572. The maximum absolute atomic E-state index is 12.4. The van der Waals surface area contributed by atoms with Crippen molar-refractivity contribution in [2.75, 3.05) is 25.0 Å². The zero-order valence-electron chi connectivity index (χ0n) is 10.3. The Morgan fingerprint density at radius 1 is 1.21 bits per heavy atom. The highest BCUT2D eigenvalue weighted by atomic mass is 32.2. The molecule has 104 valence electrons. The van der Waals surface area contributed by atoms with Crippen LogP contribution in [0.2, 0.25) is 0 Å². The molecule has 0 aromatic heterocycles. The largest absolute Gasteiger partial charge is 0.389 e. The van der Waals surface area contributed by atoms with Gasteiger partial charge in [0.25, 0.3) is 0 Å². The maximum atomic E-state index is 12.4. The number of fused-ring (bicyclic) bond motifs is 1. The van der Waals surface area contributed by atoms with Crippen molar-refractivity contribution >= 4 is 15.7 Å². The first-order valence-electron chi connectivity index (χ1n) is 6.21. The summed E-state index contributed by atoms with van der Waals surface area (Å²) in [5.41, 5.74) is 1.96. The summed E-state index contributed by atoms with van der Waals surface area (Å²) in [7, 11) is -3.65. The highest BCUT2D eigenvalue weighted by molar-refractivity contribution is 7.89. The van der Waals surface area contributed by atoms with Gasteiger partial charge in [0.15, 0.2) is 0 Å². The van der Waals surface area contributed by atoms with E-state index in [0.29, 0.717) is 0 Å². The van der Waals surface area contributed by atoms with Gasteiger partial charge in [-0.05, 0) is 24.1 Å². The number of β-amino-alcohol motifs (C(OH)–C–C–N with tert-alkyl or cyclic N) is 2. The molecule has 2 atom stereocenters. The molecule has 1 saturated heterocycles. The lowest BCUT2D eigenvalue weighted by Crippen LogP contribution is -2.30. The van der Waals surface area contributed by atoms with Crippen molar-refractivity contribution in [3.63, 3.8) is 0 Å². The first kappa shape index (κ1) is 12.9. The Bertz CT molecular complexity index is 592. The van der Waals surface area contributed by atoms with Gasteiger partial charge >= 0.3 is 0 Å². The van der Waals surface area contributed by atoms with Crippen molar-refractivity contribution in [3.8, 4) is 0 Å². The molecular formula is C12H16N2O4S. The zero-order chi connectivity index (χ0) is 13.6. The van der Waals surface area contributed by atoms with Gasteiger partial charge in [-0.3, -0.25) is 0 Å². The van der Waals surface area contributed by atoms with E-state index < -0.39 is 22.2 Å². The summed E-state index contributed by atoms with van der Waals surface area (Å²) < 4.78 is 25.9. The normalized spacial score (nSPS) is 27.3. The van der Waals surface area contributed by atoms with Crippen LogP contribution in [-0.2, 0) is 16.4 Å². The van der Waals surface area contributed by atoms with Gasteiger partial charge in [-0.2, -0.15) is 4.31 Å². The zero-order valence-corrected chi connectivity index (χ0v) is 11.1. The molecule has 1 fully saturated rings. The van der Waals surface area contributed by atoms with E-state index in [1.54, 1.807) is 12.1 Å². The van der Waals surface area contributed by atoms with Crippen molar-refractivity contribution in [3.05, 3.63) is 23.8 Å². The third-order valence-electron chi connectivity index (χ3n) is 3.65. The first-order chi connectivity index (χ1) is 8.98. The molecule has 2 aliphatic heterocycles. The number of anilines is 1. The van der Waals surface area contributed by atoms with Crippen LogP contribution in [-0.4, -0.2) is 54.8 Å². The summed E-state index contributed by atoms with van der Waals surface area (Å²) >= 11 is 0. The molecule has 1 aromatic rings. The Hall–Kier alpha value is -1.15. The van der Waals surface area contributed by atoms with Gasteiger partial charge in [0, 0.05) is 25.3 Å². The van der Waals surface area contributed by atoms with Crippen LogP contribution in [0.1, 0.15) is 5.56 Å². The van der Waals surface area contributed by atoms with Gasteiger partial charge in [0.2, 0.25) is 10.0 Å². The summed E-state index contributed by atoms with van der Waals surface area (Å²) in [6, 6.07) is 5.01. The molecule has 2 heterocycles. The van der Waals surface area contributed by atoms with E-state index >= 15 is 0 Å². The van der Waals surface area contributed by atoms with Gasteiger partial charge < -0.3 is 15.5 Å². The average molecular weight is 284 g/mol. The second kappa shape index (κ2) is 4.45. The van der Waals surface area contributed by atoms with Crippen LogP contribution in [0.5, 0.6) is 0 Å². The van der Waals surface area contributed by atoms with Crippen molar-refractivity contribution in [1.82, 2.24) is 4.31 Å². The molecule has 3 rings (SSSR count). The third kappa shape index (κ3) is 2.12. The minimum absolute atomic E-state index is 0.0615. The van der Waals surface area contributed by atoms with Crippen LogP contribution in [0.25, 0.3) is 0 Å². The van der Waals surface area contributed by atoms with Gasteiger partial charge in [0.1, 0.15) is 0 Å². The Balaban J connectivity index is 1.93. The average Bonchev–Trinajstić information content (AvgIpc) is 2.96. The number of hydrogen-bond donors (Lipinski definition) is 3. The Kier molecular flexibility index (Phi) is 3.01. The van der Waals surface area contributed by atoms with E-state index in [-0.39, 0.29) is 18.0 Å². The lowest BCUT2D eigenvalue weighted by atomic mass is 10.2. The second-order valence-corrected chi connectivity index (χ2v) is 6.89. The van der Waals surface area contributed by atoms with Crippen molar-refractivity contribution in [2.24, 2.45) is 0 Å². The first-order valence-corrected chi connectivity index (χ1v) is 7.65. The van der Waals surface area contributed by atoms with Gasteiger partial charge in [-0.25, -0.2) is 8.42 Å². The van der Waals surface area contributed by atoms with Crippen LogP contribution in [0.15, 0.2) is 23.1 Å². The summed E-state index contributed by atoms with van der Waals surface area (Å²) in [6.45, 7) is 0.696. The number of sulfonamides is 1. The number of benzene rings is 1. The van der Waals surface area contributed by atoms with Gasteiger partial charge in [-0.1, -0.05) is 6.07 Å². The number of rotatable bonds is 2. The fraction of sp³-hybridized carbons (Fsp3) is 0.500. The van der Waals surface area contributed by atoms with Crippen molar-refractivity contribution < 1.29 is 18.6 Å². The molecule has 19 heavy (non-hydrogen) atoms. The number of nitrogens with one attached hydrogen (secondary N) is 1. The molecule has 2 aliphatic rings. The number of hydrogen-bond acceptors (Lipinski definition) is 5. The second-order valence-electron chi connectivity index (χ2n) is 4.95. The van der Waals surface area contributed by atoms with E-state index in [0.717, 1.165) is 28.5 Å². The maximum Gasteiger partial charge on any atom is 0.243 e. The molecule has 6 nitrogen and oxygen atoms in total. The predicted octanol–water partition coefficient (Wildman–Crippen LogP) is -0.619. The SMILES string of the molecule is O=S(=O)(c1ccc2c(c1)NCC2)N1CC(O)C(O)C1. The van der Waals surface area contributed by atoms with Crippen LogP contribution in [0.3, 0.4) is 0 Å². The smallest absolute Gasteiger partial charge is 0.243 e. The molecule has 0 saturated carbocycles. The van der Waals surface area contributed by atoms with Crippen LogP contribution in [0.4, 0.5) is 5.69 Å². The quantitative estimate of drug-likeness (QED) is 0.673. The lowest BCUT2D eigenvalue weighted by Gasteiger charge is -2.16. The Morgan fingerprint density at radius 3 is 2.58 bits per heavy atom. The monoisotopic (exact) mass is 284 g/mol. The van der Waals surface area contributed by atoms with E-state index in [1.165, 1.54) is 0 Å². The van der Waals surface area contributed by atoms with Gasteiger partial charge in [0.05, 0.1) is 17.1 Å². The number of nitrogens with zero attached hydrogens (tertiary/aromatic N) is 1. The number of aliphatic hydroxyl groups is 2. The summed E-state index contributed by atoms with van der Waals surface area (Å²) in [6.07, 6.45) is -1.12. The van der Waals surface area contributed by atoms with E-state index in [4.69, 9.17) is 0 Å². The van der Waals surface area contributed by atoms with Crippen LogP contribution in [0, 0.1) is 0 Å². The molecule has 0 bridgehead atoms. The predicted molar refractivity (Wildman–Crippen MR) is 69.4 cm³/mol. The van der Waals surface area contributed by atoms with Crippen molar-refractivity contribution in [2.45, 2.75) is 23.5 Å². The third-order valence-corrected chi connectivity index (χ3v) is 5.48. The summed E-state index contributed by atoms with van der Waals surface area (Å²) in [5.74, 6) is 0. The summed E-state index contributed by atoms with van der Waals surface area (Å²) in [4.78, 5) is 0.196. The Morgan fingerprint density at radius 2 is 1.89 bits per heavy atom. The topological polar surface area (TPSA) is 89.9 Å². The molecule has 7 heteroatoms. The number of aliphatic hydroxyl groups excluding tert-OH is 2. The molecule has 3 N–H and O–H groups in total. The standard InChI is InChI=1S/C12H16N2O4S/c15-11-6-14(7-12(11)16)19(17,18)9-2-1-8-3-4-13-10(8)5-9/h1-2,5,11-13,15-16H,3-4,6-7H2. The molecular weight excluding hydrogens is 268 g/mol. The molecule has 1 aromatic carbocycles. The minimum atomic E-state index is -3.65. The van der Waals surface area contributed by atoms with E-state index in [9.17, 15) is 18.6 Å². The fourth-order valence-electron chi connectivity index (χ4n) is 2.51. The minimum Gasteiger partial charge on any atom is -0.389 e.